The van der Waals surface area contributed by atoms with Crippen molar-refractivity contribution in [2.24, 2.45) is 0 Å². The highest BCUT2D eigenvalue weighted by Gasteiger charge is 2.15. The summed E-state index contributed by atoms with van der Waals surface area (Å²) in [5, 5.41) is 0. The van der Waals surface area contributed by atoms with Gasteiger partial charge in [-0.1, -0.05) is 187 Å². The fraction of sp³-hybridized carbons (Fsp3) is 0.308. The molecule has 0 atom stereocenters. The van der Waals surface area contributed by atoms with Crippen molar-refractivity contribution in [2.45, 2.75) is 105 Å². The molecule has 0 unspecified atom stereocenters. The summed E-state index contributed by atoms with van der Waals surface area (Å²) in [7, 11) is 0. The average Bonchev–Trinajstić information content (AvgIpc) is 3.21. The summed E-state index contributed by atoms with van der Waals surface area (Å²) in [4.78, 5) is 0. The van der Waals surface area contributed by atoms with Crippen LogP contribution in [0.3, 0.4) is 0 Å². The SMILES string of the molecule is CCCCc1cc(CCCC)cc(-c2ccc(-c3cc(CCCC)c(-c4ccc(-c5ccc(-c6ccccc6)cc5)cc4)c(CCCC)c3)cc2)c1. The van der Waals surface area contributed by atoms with Crippen LogP contribution in [0.2, 0.25) is 0 Å². The molecule has 0 spiro atoms. The van der Waals surface area contributed by atoms with E-state index in [1.807, 2.05) is 0 Å². The Hall–Kier alpha value is -4.68. The predicted octanol–water partition coefficient (Wildman–Crippen LogP) is 15.4. The molecule has 0 aromatic heterocycles. The largest absolute Gasteiger partial charge is 0.0654 e. The first-order valence-corrected chi connectivity index (χ1v) is 20.3. The molecule has 0 aliphatic rings. The maximum Gasteiger partial charge on any atom is -0.0119 e. The lowest BCUT2D eigenvalue weighted by molar-refractivity contribution is 0.781. The molecule has 0 heteroatoms. The second-order valence-corrected chi connectivity index (χ2v) is 14.7. The van der Waals surface area contributed by atoms with Crippen molar-refractivity contribution in [3.05, 3.63) is 156 Å². The van der Waals surface area contributed by atoms with Gasteiger partial charge in [0.15, 0.2) is 0 Å². The quantitative estimate of drug-likeness (QED) is 0.0898. The van der Waals surface area contributed by atoms with E-state index in [1.54, 1.807) is 0 Å². The normalized spacial score (nSPS) is 11.2. The van der Waals surface area contributed by atoms with Gasteiger partial charge in [0.2, 0.25) is 0 Å². The van der Waals surface area contributed by atoms with E-state index >= 15 is 0 Å². The highest BCUT2D eigenvalue weighted by atomic mass is 14.2. The van der Waals surface area contributed by atoms with E-state index in [1.165, 1.54) is 142 Å². The number of unbranched alkanes of at least 4 members (excludes halogenated alkanes) is 4. The zero-order chi connectivity index (χ0) is 36.1. The first kappa shape index (κ1) is 37.1. The fourth-order valence-electron chi connectivity index (χ4n) is 7.58. The van der Waals surface area contributed by atoms with E-state index in [2.05, 4.69) is 161 Å². The van der Waals surface area contributed by atoms with E-state index in [-0.39, 0.29) is 0 Å². The van der Waals surface area contributed by atoms with Crippen molar-refractivity contribution in [2.75, 3.05) is 0 Å². The van der Waals surface area contributed by atoms with Gasteiger partial charge in [-0.3, -0.25) is 0 Å². The van der Waals surface area contributed by atoms with Gasteiger partial charge in [-0.15, -0.1) is 0 Å². The smallest absolute Gasteiger partial charge is 0.0119 e. The molecule has 0 fully saturated rings. The Labute approximate surface area is 315 Å². The van der Waals surface area contributed by atoms with E-state index < -0.39 is 0 Å². The van der Waals surface area contributed by atoms with Crippen LogP contribution in [0, 0.1) is 0 Å². The van der Waals surface area contributed by atoms with Gasteiger partial charge < -0.3 is 0 Å². The molecule has 6 rings (SSSR count). The molecule has 52 heavy (non-hydrogen) atoms. The molecule has 6 aromatic carbocycles. The number of rotatable bonds is 17. The highest BCUT2D eigenvalue weighted by Crippen LogP contribution is 2.37. The number of benzene rings is 6. The summed E-state index contributed by atoms with van der Waals surface area (Å²) in [6, 6.07) is 50.7. The first-order valence-electron chi connectivity index (χ1n) is 20.3. The molecular formula is C52H58. The van der Waals surface area contributed by atoms with Crippen molar-refractivity contribution in [3.63, 3.8) is 0 Å². The Kier molecular flexibility index (Phi) is 13.3. The van der Waals surface area contributed by atoms with Gasteiger partial charge in [-0.2, -0.15) is 0 Å². The van der Waals surface area contributed by atoms with Crippen LogP contribution in [0.15, 0.2) is 133 Å². The van der Waals surface area contributed by atoms with Gasteiger partial charge in [-0.05, 0) is 129 Å². The summed E-state index contributed by atoms with van der Waals surface area (Å²) < 4.78 is 0. The highest BCUT2D eigenvalue weighted by molar-refractivity contribution is 5.80. The third-order valence-corrected chi connectivity index (χ3v) is 10.6. The lowest BCUT2D eigenvalue weighted by Gasteiger charge is -2.19. The molecule has 0 radical (unpaired) electrons. The van der Waals surface area contributed by atoms with Crippen LogP contribution in [-0.4, -0.2) is 0 Å². The monoisotopic (exact) mass is 682 g/mol. The van der Waals surface area contributed by atoms with Gasteiger partial charge >= 0.3 is 0 Å². The molecule has 0 saturated carbocycles. The van der Waals surface area contributed by atoms with Gasteiger partial charge in [-0.25, -0.2) is 0 Å². The predicted molar refractivity (Wildman–Crippen MR) is 228 cm³/mol. The van der Waals surface area contributed by atoms with Gasteiger partial charge in [0, 0.05) is 0 Å². The summed E-state index contributed by atoms with van der Waals surface area (Å²) >= 11 is 0. The minimum absolute atomic E-state index is 1.10. The summed E-state index contributed by atoms with van der Waals surface area (Å²) in [5.74, 6) is 0. The zero-order valence-electron chi connectivity index (χ0n) is 32.2. The standard InChI is InChI=1S/C52H58/c1-5-9-16-39-34-40(17-10-6-2)36-50(35-39)45-26-28-46(29-27-45)51-37-48(18-11-7-3)52(49(38-51)19-12-8-4)47-32-30-44(31-33-47)43-24-22-42(23-25-43)41-20-14-13-15-21-41/h13-15,20-38H,5-12,16-19H2,1-4H3. The molecule has 0 aliphatic carbocycles. The van der Waals surface area contributed by atoms with Crippen LogP contribution >= 0.6 is 0 Å². The second-order valence-electron chi connectivity index (χ2n) is 14.7. The average molecular weight is 683 g/mol. The Morgan fingerprint density at radius 2 is 0.615 bits per heavy atom. The molecule has 0 amide bonds. The molecule has 0 aliphatic heterocycles. The third-order valence-electron chi connectivity index (χ3n) is 10.6. The van der Waals surface area contributed by atoms with E-state index in [0.717, 1.165) is 12.8 Å². The van der Waals surface area contributed by atoms with Crippen molar-refractivity contribution in [3.8, 4) is 55.6 Å². The maximum atomic E-state index is 2.50. The number of hydrogen-bond acceptors (Lipinski definition) is 0. The Morgan fingerprint density at radius 3 is 1.02 bits per heavy atom. The fourth-order valence-corrected chi connectivity index (χ4v) is 7.58. The van der Waals surface area contributed by atoms with Crippen molar-refractivity contribution < 1.29 is 0 Å². The topological polar surface area (TPSA) is 0 Å². The van der Waals surface area contributed by atoms with Crippen molar-refractivity contribution in [1.82, 2.24) is 0 Å². The second kappa shape index (κ2) is 18.7. The minimum Gasteiger partial charge on any atom is -0.0654 e. The Bertz CT molecular complexity index is 1920. The molecule has 0 bridgehead atoms. The van der Waals surface area contributed by atoms with Crippen molar-refractivity contribution >= 4 is 0 Å². The van der Waals surface area contributed by atoms with Gasteiger partial charge in [0.25, 0.3) is 0 Å². The molecule has 0 saturated heterocycles. The molecular weight excluding hydrogens is 625 g/mol. The Balaban J connectivity index is 1.32. The van der Waals surface area contributed by atoms with Crippen LogP contribution in [0.1, 0.15) is 101 Å². The van der Waals surface area contributed by atoms with Gasteiger partial charge in [0.1, 0.15) is 0 Å². The summed E-state index contributed by atoms with van der Waals surface area (Å²) in [6.07, 6.45) is 14.3. The van der Waals surface area contributed by atoms with Crippen molar-refractivity contribution in [1.29, 1.82) is 0 Å². The molecule has 6 aromatic rings. The van der Waals surface area contributed by atoms with Crippen LogP contribution in [0.5, 0.6) is 0 Å². The summed E-state index contributed by atoms with van der Waals surface area (Å²) in [5.41, 5.74) is 19.1. The lowest BCUT2D eigenvalue weighted by atomic mass is 9.85. The lowest BCUT2D eigenvalue weighted by Crippen LogP contribution is -1.99. The van der Waals surface area contributed by atoms with Crippen LogP contribution < -0.4 is 0 Å². The summed E-state index contributed by atoms with van der Waals surface area (Å²) in [6.45, 7) is 9.20. The molecule has 266 valence electrons. The first-order chi connectivity index (χ1) is 25.6. The Morgan fingerprint density at radius 1 is 0.288 bits per heavy atom. The number of aryl methyl sites for hydroxylation is 4. The zero-order valence-corrected chi connectivity index (χ0v) is 32.2. The van der Waals surface area contributed by atoms with E-state index in [0.29, 0.717) is 0 Å². The molecule has 0 N–H and O–H groups in total. The van der Waals surface area contributed by atoms with E-state index in [4.69, 9.17) is 0 Å². The van der Waals surface area contributed by atoms with Crippen LogP contribution in [0.25, 0.3) is 55.6 Å². The number of hydrogen-bond donors (Lipinski definition) is 0. The maximum absolute atomic E-state index is 2.50. The molecule has 0 heterocycles. The third kappa shape index (κ3) is 9.40. The molecule has 0 nitrogen and oxygen atoms in total. The minimum atomic E-state index is 1.10. The van der Waals surface area contributed by atoms with Crippen LogP contribution in [0.4, 0.5) is 0 Å². The van der Waals surface area contributed by atoms with Gasteiger partial charge in [0.05, 0.1) is 0 Å². The van der Waals surface area contributed by atoms with Crippen LogP contribution in [-0.2, 0) is 25.7 Å². The van der Waals surface area contributed by atoms with E-state index in [9.17, 15) is 0 Å².